The quantitative estimate of drug-likeness (QED) is 0.591. The molecular weight excluding hydrogens is 400 g/mol. The van der Waals surface area contributed by atoms with Crippen LogP contribution in [-0.4, -0.2) is 24.5 Å². The Morgan fingerprint density at radius 2 is 1.88 bits per heavy atom. The summed E-state index contributed by atoms with van der Waals surface area (Å²) in [7, 11) is -3.90. The van der Waals surface area contributed by atoms with Gasteiger partial charge in [-0.2, -0.15) is 0 Å². The summed E-state index contributed by atoms with van der Waals surface area (Å²) in [5.74, 6) is 0. The first kappa shape index (κ1) is 17.0. The number of hydrogen-bond acceptors (Lipinski definition) is 5. The molecule has 0 heterocycles. The van der Waals surface area contributed by atoms with Crippen LogP contribution in [0.2, 0.25) is 0 Å². The van der Waals surface area contributed by atoms with E-state index in [2.05, 4.69) is 20.7 Å². The van der Waals surface area contributed by atoms with Crippen molar-refractivity contribution in [3.63, 3.8) is 0 Å². The number of nitrogens with zero attached hydrogens (tertiary/aromatic N) is 1. The maximum atomic E-state index is 12.4. The van der Waals surface area contributed by atoms with Crippen molar-refractivity contribution in [3.8, 4) is 0 Å². The summed E-state index contributed by atoms with van der Waals surface area (Å²) >= 11 is 3.40. The van der Waals surface area contributed by atoms with Crippen molar-refractivity contribution in [2.24, 2.45) is 0 Å². The lowest BCUT2D eigenvalue weighted by atomic mass is 10.1. The lowest BCUT2D eigenvalue weighted by Gasteiger charge is -2.17. The molecule has 1 aliphatic carbocycles. The highest BCUT2D eigenvalue weighted by Gasteiger charge is 2.35. The Morgan fingerprint density at radius 1 is 1.21 bits per heavy atom. The summed E-state index contributed by atoms with van der Waals surface area (Å²) in [5, 5.41) is 21.0. The third-order valence-corrected chi connectivity index (χ3v) is 6.19. The standard InChI is InChI=1S/C15H13BrN2O5S/c16-13-3-1-2-11-12(13)8-14(15(11)19)17-24(22,23)10-6-4-9(5-7-10)18(20)21/h1-7,14-15,17,19H,8H2. The largest absolute Gasteiger partial charge is 0.387 e. The highest BCUT2D eigenvalue weighted by atomic mass is 79.9. The number of aliphatic hydroxyl groups is 1. The molecule has 1 aliphatic rings. The van der Waals surface area contributed by atoms with E-state index in [9.17, 15) is 23.6 Å². The van der Waals surface area contributed by atoms with E-state index in [1.54, 1.807) is 12.1 Å². The van der Waals surface area contributed by atoms with Crippen molar-refractivity contribution in [2.45, 2.75) is 23.5 Å². The van der Waals surface area contributed by atoms with Gasteiger partial charge in [-0.25, -0.2) is 13.1 Å². The molecule has 2 aromatic rings. The smallest absolute Gasteiger partial charge is 0.269 e. The average molecular weight is 413 g/mol. The summed E-state index contributed by atoms with van der Waals surface area (Å²) in [6, 6.07) is 9.27. The van der Waals surface area contributed by atoms with Crippen molar-refractivity contribution >= 4 is 31.6 Å². The molecule has 9 heteroatoms. The monoisotopic (exact) mass is 412 g/mol. The van der Waals surface area contributed by atoms with E-state index in [1.807, 2.05) is 6.07 Å². The molecule has 3 rings (SSSR count). The van der Waals surface area contributed by atoms with Crippen LogP contribution in [0.15, 0.2) is 51.8 Å². The maximum Gasteiger partial charge on any atom is 0.269 e. The zero-order valence-corrected chi connectivity index (χ0v) is 14.6. The molecule has 0 spiro atoms. The van der Waals surface area contributed by atoms with Crippen molar-refractivity contribution in [2.75, 3.05) is 0 Å². The summed E-state index contributed by atoms with van der Waals surface area (Å²) in [6.07, 6.45) is -0.602. The summed E-state index contributed by atoms with van der Waals surface area (Å²) in [6.45, 7) is 0. The summed E-state index contributed by atoms with van der Waals surface area (Å²) in [4.78, 5) is 9.96. The van der Waals surface area contributed by atoms with Crippen LogP contribution in [-0.2, 0) is 16.4 Å². The van der Waals surface area contributed by atoms with E-state index in [4.69, 9.17) is 0 Å². The molecular formula is C15H13BrN2O5S. The minimum absolute atomic E-state index is 0.0877. The van der Waals surface area contributed by atoms with Gasteiger partial charge in [-0.3, -0.25) is 10.1 Å². The van der Waals surface area contributed by atoms with E-state index < -0.39 is 27.1 Å². The predicted octanol–water partition coefficient (Wildman–Crippen LogP) is 2.29. The van der Waals surface area contributed by atoms with Gasteiger partial charge in [0.05, 0.1) is 22.0 Å². The molecule has 0 saturated heterocycles. The fourth-order valence-corrected chi connectivity index (χ4v) is 4.52. The van der Waals surface area contributed by atoms with Crippen LogP contribution in [0, 0.1) is 10.1 Å². The number of benzene rings is 2. The van der Waals surface area contributed by atoms with Gasteiger partial charge in [0, 0.05) is 16.6 Å². The molecule has 0 radical (unpaired) electrons. The maximum absolute atomic E-state index is 12.4. The molecule has 0 aromatic heterocycles. The van der Waals surface area contributed by atoms with Crippen LogP contribution in [0.1, 0.15) is 17.2 Å². The number of sulfonamides is 1. The van der Waals surface area contributed by atoms with Gasteiger partial charge < -0.3 is 5.11 Å². The molecule has 0 aliphatic heterocycles. The molecule has 126 valence electrons. The minimum atomic E-state index is -3.90. The Morgan fingerprint density at radius 3 is 2.46 bits per heavy atom. The molecule has 2 atom stereocenters. The molecule has 0 bridgehead atoms. The number of nitrogens with one attached hydrogen (secondary N) is 1. The van der Waals surface area contributed by atoms with Crippen molar-refractivity contribution < 1.29 is 18.4 Å². The zero-order chi connectivity index (χ0) is 17.5. The second-order valence-corrected chi connectivity index (χ2v) is 8.00. The van der Waals surface area contributed by atoms with Gasteiger partial charge in [-0.05, 0) is 35.7 Å². The van der Waals surface area contributed by atoms with Gasteiger partial charge in [0.25, 0.3) is 5.69 Å². The number of nitro groups is 1. The van der Waals surface area contributed by atoms with Gasteiger partial charge >= 0.3 is 0 Å². The highest BCUT2D eigenvalue weighted by molar-refractivity contribution is 9.10. The number of non-ortho nitro benzene ring substituents is 1. The Balaban J connectivity index is 1.83. The first-order valence-corrected chi connectivity index (χ1v) is 9.29. The number of nitro benzene ring substituents is 1. The van der Waals surface area contributed by atoms with Crippen molar-refractivity contribution in [3.05, 3.63) is 68.2 Å². The third kappa shape index (κ3) is 3.07. The number of aliphatic hydroxyl groups excluding tert-OH is 1. The number of halogens is 1. The minimum Gasteiger partial charge on any atom is -0.387 e. The van der Waals surface area contributed by atoms with Crippen LogP contribution in [0.5, 0.6) is 0 Å². The van der Waals surface area contributed by atoms with Crippen molar-refractivity contribution in [1.82, 2.24) is 4.72 Å². The Bertz CT molecular complexity index is 899. The molecule has 2 N–H and O–H groups in total. The second-order valence-electron chi connectivity index (χ2n) is 5.44. The summed E-state index contributed by atoms with van der Waals surface area (Å²) < 4.78 is 28.2. The molecule has 2 unspecified atom stereocenters. The first-order chi connectivity index (χ1) is 11.3. The Hall–Kier alpha value is -1.81. The van der Waals surface area contributed by atoms with Gasteiger partial charge in [0.15, 0.2) is 0 Å². The Labute approximate surface area is 146 Å². The highest BCUT2D eigenvalue weighted by Crippen LogP contribution is 2.36. The first-order valence-electron chi connectivity index (χ1n) is 7.02. The second kappa shape index (κ2) is 6.25. The van der Waals surface area contributed by atoms with Crippen LogP contribution >= 0.6 is 15.9 Å². The van der Waals surface area contributed by atoms with Crippen molar-refractivity contribution in [1.29, 1.82) is 0 Å². The molecule has 24 heavy (non-hydrogen) atoms. The molecule has 0 fully saturated rings. The third-order valence-electron chi connectivity index (χ3n) is 3.94. The fourth-order valence-electron chi connectivity index (χ4n) is 2.74. The molecule has 7 nitrogen and oxygen atoms in total. The topological polar surface area (TPSA) is 110 Å². The predicted molar refractivity (Wildman–Crippen MR) is 90.0 cm³/mol. The van der Waals surface area contributed by atoms with Gasteiger partial charge in [0.2, 0.25) is 10.0 Å². The van der Waals surface area contributed by atoms with Gasteiger partial charge in [-0.15, -0.1) is 0 Å². The number of fused-ring (bicyclic) bond motifs is 1. The average Bonchev–Trinajstić information content (AvgIpc) is 2.85. The number of hydrogen-bond donors (Lipinski definition) is 2. The van der Waals surface area contributed by atoms with E-state index in [-0.39, 0.29) is 10.6 Å². The lowest BCUT2D eigenvalue weighted by Crippen LogP contribution is -2.37. The Kier molecular flexibility index (Phi) is 4.43. The number of rotatable bonds is 4. The van der Waals surface area contributed by atoms with E-state index in [0.717, 1.165) is 22.2 Å². The van der Waals surface area contributed by atoms with Crippen LogP contribution in [0.25, 0.3) is 0 Å². The molecule has 2 aromatic carbocycles. The SMILES string of the molecule is O=[N+]([O-])c1ccc(S(=O)(=O)NC2Cc3c(Br)cccc3C2O)cc1. The van der Waals surface area contributed by atoms with Gasteiger partial charge in [-0.1, -0.05) is 28.1 Å². The normalized spacial score (nSPS) is 19.9. The van der Waals surface area contributed by atoms with Crippen LogP contribution < -0.4 is 4.72 Å². The summed E-state index contributed by atoms with van der Waals surface area (Å²) in [5.41, 5.74) is 1.35. The van der Waals surface area contributed by atoms with Crippen LogP contribution in [0.3, 0.4) is 0 Å². The van der Waals surface area contributed by atoms with E-state index in [1.165, 1.54) is 12.1 Å². The van der Waals surface area contributed by atoms with Gasteiger partial charge in [0.1, 0.15) is 0 Å². The van der Waals surface area contributed by atoms with E-state index in [0.29, 0.717) is 12.0 Å². The lowest BCUT2D eigenvalue weighted by molar-refractivity contribution is -0.384. The molecule has 0 amide bonds. The van der Waals surface area contributed by atoms with Crippen LogP contribution in [0.4, 0.5) is 5.69 Å². The zero-order valence-electron chi connectivity index (χ0n) is 12.2. The molecule has 0 saturated carbocycles. The fraction of sp³-hybridized carbons (Fsp3) is 0.200. The van der Waals surface area contributed by atoms with E-state index >= 15 is 0 Å².